The van der Waals surface area contributed by atoms with E-state index in [1.165, 1.54) is 0 Å². The molecule has 1 amide bonds. The molecule has 0 bridgehead atoms. The second-order valence-corrected chi connectivity index (χ2v) is 11.8. The number of nitrogens with one attached hydrogen (secondary N) is 1. The van der Waals surface area contributed by atoms with E-state index < -0.39 is 11.1 Å². The summed E-state index contributed by atoms with van der Waals surface area (Å²) in [5, 5.41) is 17.6. The number of aromatic nitrogens is 2. The van der Waals surface area contributed by atoms with Gasteiger partial charge in [-0.3, -0.25) is 14.8 Å². The number of ether oxygens (including phenoxy) is 1. The van der Waals surface area contributed by atoms with Crippen molar-refractivity contribution in [2.45, 2.75) is 92.8 Å². The summed E-state index contributed by atoms with van der Waals surface area (Å²) in [5.41, 5.74) is -0.251. The summed E-state index contributed by atoms with van der Waals surface area (Å²) in [6.45, 7) is 23.0. The number of hydrogen-bond acceptors (Lipinski definition) is 5. The molecule has 220 valence electrons. The van der Waals surface area contributed by atoms with Crippen LogP contribution in [0.4, 0.5) is 0 Å². The fraction of sp³-hybridized carbons (Fsp3) is 0.500. The summed E-state index contributed by atoms with van der Waals surface area (Å²) < 4.78 is 6.11. The van der Waals surface area contributed by atoms with Crippen molar-refractivity contribution in [3.8, 4) is 28.9 Å². The second-order valence-electron chi connectivity index (χ2n) is 11.8. The summed E-state index contributed by atoms with van der Waals surface area (Å²) in [7, 11) is 1.85. The fourth-order valence-corrected chi connectivity index (χ4v) is 7.60. The van der Waals surface area contributed by atoms with Gasteiger partial charge in [0.05, 0.1) is 22.3 Å². The molecule has 1 saturated carbocycles. The zero-order valence-electron chi connectivity index (χ0n) is 26.9. The SMILES string of the molecule is CC.CC.CN(C(=O)c1cc(-c2ccccc2Oc2ccccc2)n[nH]1)[C@@]1(C)C(C)(C)N(C#N)[C@@]2(C)C(C)(C)[C@@]12C. The number of nitriles is 1. The van der Waals surface area contributed by atoms with Gasteiger partial charge in [-0.05, 0) is 63.4 Å². The third-order valence-corrected chi connectivity index (χ3v) is 10.6. The Morgan fingerprint density at radius 2 is 1.49 bits per heavy atom. The molecule has 5 rings (SSSR count). The quantitative estimate of drug-likeness (QED) is 0.320. The average molecular weight is 558 g/mol. The summed E-state index contributed by atoms with van der Waals surface area (Å²) >= 11 is 0. The Kier molecular flexibility index (Phi) is 8.43. The number of aromatic amines is 1. The molecule has 0 spiro atoms. The van der Waals surface area contributed by atoms with Crippen molar-refractivity contribution in [2.24, 2.45) is 10.8 Å². The third-order valence-electron chi connectivity index (χ3n) is 10.6. The maximum absolute atomic E-state index is 14.0. The Morgan fingerprint density at radius 1 is 0.927 bits per heavy atom. The number of H-pyrrole nitrogens is 1. The minimum Gasteiger partial charge on any atom is -0.457 e. The van der Waals surface area contributed by atoms with E-state index in [0.717, 1.165) is 11.3 Å². The highest BCUT2D eigenvalue weighted by Gasteiger charge is 2.94. The molecule has 1 aliphatic carbocycles. The Balaban J connectivity index is 0.00000111. The Labute approximate surface area is 246 Å². The summed E-state index contributed by atoms with van der Waals surface area (Å²) in [4.78, 5) is 17.7. The van der Waals surface area contributed by atoms with Gasteiger partial charge in [0.1, 0.15) is 17.2 Å². The van der Waals surface area contributed by atoms with Gasteiger partial charge in [-0.25, -0.2) is 0 Å². The lowest BCUT2D eigenvalue weighted by Gasteiger charge is -2.53. The van der Waals surface area contributed by atoms with Crippen LogP contribution in [0, 0.1) is 22.3 Å². The summed E-state index contributed by atoms with van der Waals surface area (Å²) in [6.07, 6.45) is 2.47. The first kappa shape index (κ1) is 31.7. The lowest BCUT2D eigenvalue weighted by molar-refractivity contribution is -0.0252. The zero-order valence-corrected chi connectivity index (χ0v) is 26.9. The predicted molar refractivity (Wildman–Crippen MR) is 166 cm³/mol. The van der Waals surface area contributed by atoms with Crippen LogP contribution in [0.2, 0.25) is 0 Å². The van der Waals surface area contributed by atoms with Gasteiger partial charge >= 0.3 is 0 Å². The number of nitrogens with zero attached hydrogens (tertiary/aromatic N) is 4. The van der Waals surface area contributed by atoms with Crippen LogP contribution < -0.4 is 4.74 Å². The number of amides is 1. The number of para-hydroxylation sites is 2. The topological polar surface area (TPSA) is 85.2 Å². The fourth-order valence-electron chi connectivity index (χ4n) is 7.60. The van der Waals surface area contributed by atoms with Crippen molar-refractivity contribution in [2.75, 3.05) is 7.05 Å². The van der Waals surface area contributed by atoms with E-state index in [4.69, 9.17) is 4.74 Å². The van der Waals surface area contributed by atoms with Crippen LogP contribution in [0.5, 0.6) is 11.5 Å². The van der Waals surface area contributed by atoms with Gasteiger partial charge in [-0.1, -0.05) is 78.8 Å². The summed E-state index contributed by atoms with van der Waals surface area (Å²) in [6, 6.07) is 19.0. The molecule has 0 radical (unpaired) electrons. The highest BCUT2D eigenvalue weighted by molar-refractivity contribution is 5.94. The lowest BCUT2D eigenvalue weighted by Crippen LogP contribution is -2.67. The number of benzene rings is 2. The minimum atomic E-state index is -0.634. The van der Waals surface area contributed by atoms with E-state index in [1.54, 1.807) is 6.07 Å². The van der Waals surface area contributed by atoms with Gasteiger partial charge in [0.25, 0.3) is 5.91 Å². The van der Waals surface area contributed by atoms with Crippen molar-refractivity contribution >= 4 is 5.91 Å². The van der Waals surface area contributed by atoms with E-state index in [9.17, 15) is 10.1 Å². The highest BCUT2D eigenvalue weighted by Crippen LogP contribution is 2.85. The largest absolute Gasteiger partial charge is 0.457 e. The molecule has 7 heteroatoms. The van der Waals surface area contributed by atoms with Crippen molar-refractivity contribution in [3.05, 3.63) is 66.4 Å². The molecule has 2 aromatic carbocycles. The molecule has 7 nitrogen and oxygen atoms in total. The first-order valence-corrected chi connectivity index (χ1v) is 14.7. The molecule has 1 saturated heterocycles. The first-order chi connectivity index (χ1) is 19.3. The highest BCUT2D eigenvalue weighted by atomic mass is 16.5. The number of rotatable bonds is 5. The van der Waals surface area contributed by atoms with Crippen molar-refractivity contribution in [3.63, 3.8) is 0 Å². The molecular formula is C34H47N5O2. The molecule has 3 aromatic rings. The molecule has 1 N–H and O–H groups in total. The monoisotopic (exact) mass is 557 g/mol. The number of piperidine rings is 1. The van der Waals surface area contributed by atoms with Gasteiger partial charge < -0.3 is 9.64 Å². The van der Waals surface area contributed by atoms with Crippen LogP contribution in [0.25, 0.3) is 11.3 Å². The zero-order chi connectivity index (χ0) is 31.0. The molecular weight excluding hydrogens is 510 g/mol. The molecule has 0 unspecified atom stereocenters. The number of fused-ring (bicyclic) bond motifs is 1. The van der Waals surface area contributed by atoms with Gasteiger partial charge in [0, 0.05) is 18.0 Å². The van der Waals surface area contributed by atoms with Crippen LogP contribution in [-0.2, 0) is 0 Å². The van der Waals surface area contributed by atoms with E-state index in [0.29, 0.717) is 17.1 Å². The maximum atomic E-state index is 14.0. The minimum absolute atomic E-state index is 0.165. The van der Waals surface area contributed by atoms with E-state index >= 15 is 0 Å². The standard InChI is InChI=1S/C30H35N5O2.2C2H6/c1-26(2)28(5)29(26,6)35(19-31)27(3,4)30(28,7)34(8)25(36)23-18-22(32-33-23)21-16-12-13-17-24(21)37-20-14-10-9-11-15-20;2*1-2/h9-18H,1-8H3,(H,32,33);2*1-2H3/t28-,29+,30+;;/m1../s1. The number of carbonyl (C=O) groups excluding carboxylic acids is 1. The van der Waals surface area contributed by atoms with Crippen LogP contribution in [0.3, 0.4) is 0 Å². The number of likely N-dealkylation sites (tertiary alicyclic amines) is 1. The Bertz CT molecular complexity index is 1420. The number of carbonyl (C=O) groups is 1. The van der Waals surface area contributed by atoms with Crippen LogP contribution in [0.1, 0.15) is 86.6 Å². The van der Waals surface area contributed by atoms with E-state index in [1.807, 2.05) is 99.1 Å². The molecule has 2 aliphatic rings. The number of likely N-dealkylation sites (N-methyl/N-ethyl adjacent to an activating group) is 1. The van der Waals surface area contributed by atoms with Crippen LogP contribution >= 0.6 is 0 Å². The van der Waals surface area contributed by atoms with Gasteiger partial charge in [-0.15, -0.1) is 0 Å². The smallest absolute Gasteiger partial charge is 0.272 e. The third kappa shape index (κ3) is 3.98. The lowest BCUT2D eigenvalue weighted by atomic mass is 9.67. The van der Waals surface area contributed by atoms with Crippen molar-refractivity contribution in [1.82, 2.24) is 20.0 Å². The van der Waals surface area contributed by atoms with Gasteiger partial charge in [-0.2, -0.15) is 10.4 Å². The van der Waals surface area contributed by atoms with Gasteiger partial charge in [0.2, 0.25) is 0 Å². The molecule has 2 fully saturated rings. The maximum Gasteiger partial charge on any atom is 0.272 e. The molecule has 2 heterocycles. The molecule has 41 heavy (non-hydrogen) atoms. The second kappa shape index (κ2) is 10.9. The first-order valence-electron chi connectivity index (χ1n) is 14.7. The Hall–Kier alpha value is -3.79. The van der Waals surface area contributed by atoms with Crippen LogP contribution in [0.15, 0.2) is 60.7 Å². The van der Waals surface area contributed by atoms with Gasteiger partial charge in [0.15, 0.2) is 6.19 Å². The van der Waals surface area contributed by atoms with E-state index in [-0.39, 0.29) is 22.3 Å². The molecule has 3 atom stereocenters. The molecule has 1 aliphatic heterocycles. The van der Waals surface area contributed by atoms with Crippen molar-refractivity contribution < 1.29 is 9.53 Å². The summed E-state index contributed by atoms with van der Waals surface area (Å²) in [5.74, 6) is 1.22. The normalized spacial score (nSPS) is 26.3. The average Bonchev–Trinajstić information content (AvgIpc) is 3.33. The Morgan fingerprint density at radius 3 is 2.05 bits per heavy atom. The number of hydrogen-bond donors (Lipinski definition) is 1. The van der Waals surface area contributed by atoms with Crippen molar-refractivity contribution in [1.29, 1.82) is 5.26 Å². The predicted octanol–water partition coefficient (Wildman–Crippen LogP) is 8.13. The van der Waals surface area contributed by atoms with Crippen LogP contribution in [-0.4, -0.2) is 49.6 Å². The molecule has 1 aromatic heterocycles. The van der Waals surface area contributed by atoms with E-state index in [2.05, 4.69) is 64.9 Å².